The van der Waals surface area contributed by atoms with Crippen molar-refractivity contribution in [3.05, 3.63) is 47.0 Å². The number of carbonyl (C=O) groups excluding carboxylic acids is 1. The number of benzene rings is 1. The van der Waals surface area contributed by atoms with Crippen molar-refractivity contribution in [3.63, 3.8) is 0 Å². The molecule has 1 atom stereocenters. The van der Waals surface area contributed by atoms with Gasteiger partial charge >= 0.3 is 0 Å². The Bertz CT molecular complexity index is 555. The van der Waals surface area contributed by atoms with E-state index in [0.717, 1.165) is 16.0 Å². The molecule has 6 heteroatoms. The van der Waals surface area contributed by atoms with Crippen LogP contribution in [0.1, 0.15) is 31.6 Å². The molecule has 1 amide bonds. The normalized spacial score (nSPS) is 11.9. The lowest BCUT2D eigenvalue weighted by Crippen LogP contribution is -2.27. The third kappa shape index (κ3) is 5.23. The van der Waals surface area contributed by atoms with Gasteiger partial charge in [-0.1, -0.05) is 15.9 Å². The van der Waals surface area contributed by atoms with E-state index in [2.05, 4.69) is 31.2 Å². The SMILES string of the molecule is CC(NC(=O)CCCOc1ccc(Br)cc1)c1ncc[nH]1. The molecule has 1 aromatic carbocycles. The molecule has 0 saturated heterocycles. The maximum Gasteiger partial charge on any atom is 0.220 e. The van der Waals surface area contributed by atoms with Crippen LogP contribution < -0.4 is 10.1 Å². The van der Waals surface area contributed by atoms with Crippen LogP contribution >= 0.6 is 15.9 Å². The molecule has 1 heterocycles. The number of imidazole rings is 1. The van der Waals surface area contributed by atoms with Gasteiger partial charge in [0.15, 0.2) is 0 Å². The third-order valence-electron chi connectivity index (χ3n) is 2.94. The Morgan fingerprint density at radius 3 is 2.86 bits per heavy atom. The van der Waals surface area contributed by atoms with Crippen LogP contribution in [0.5, 0.6) is 5.75 Å². The van der Waals surface area contributed by atoms with Crippen molar-refractivity contribution in [3.8, 4) is 5.75 Å². The number of hydrogen-bond donors (Lipinski definition) is 2. The third-order valence-corrected chi connectivity index (χ3v) is 3.47. The van der Waals surface area contributed by atoms with Gasteiger partial charge in [-0.3, -0.25) is 4.79 Å². The maximum absolute atomic E-state index is 11.8. The summed E-state index contributed by atoms with van der Waals surface area (Å²) in [6.07, 6.45) is 4.52. The quantitative estimate of drug-likeness (QED) is 0.752. The Balaban J connectivity index is 1.64. The molecule has 0 aliphatic rings. The number of aromatic nitrogens is 2. The lowest BCUT2D eigenvalue weighted by molar-refractivity contribution is -0.122. The highest BCUT2D eigenvalue weighted by Crippen LogP contribution is 2.16. The van der Waals surface area contributed by atoms with E-state index >= 15 is 0 Å². The number of carbonyl (C=O) groups is 1. The summed E-state index contributed by atoms with van der Waals surface area (Å²) in [5.74, 6) is 1.57. The first-order valence-corrected chi connectivity index (χ1v) is 7.61. The minimum Gasteiger partial charge on any atom is -0.494 e. The van der Waals surface area contributed by atoms with Gasteiger partial charge in [-0.15, -0.1) is 0 Å². The summed E-state index contributed by atoms with van der Waals surface area (Å²) in [4.78, 5) is 18.9. The monoisotopic (exact) mass is 351 g/mol. The van der Waals surface area contributed by atoms with Crippen LogP contribution in [-0.4, -0.2) is 22.5 Å². The zero-order valence-electron chi connectivity index (χ0n) is 11.8. The number of amides is 1. The number of aromatic amines is 1. The van der Waals surface area contributed by atoms with Crippen molar-refractivity contribution in [1.29, 1.82) is 0 Å². The van der Waals surface area contributed by atoms with Gasteiger partial charge in [0.1, 0.15) is 11.6 Å². The predicted octanol–water partition coefficient (Wildman–Crippen LogP) is 3.21. The van der Waals surface area contributed by atoms with Gasteiger partial charge in [0.25, 0.3) is 0 Å². The number of nitrogens with zero attached hydrogens (tertiary/aromatic N) is 1. The highest BCUT2D eigenvalue weighted by molar-refractivity contribution is 9.10. The molecule has 2 N–H and O–H groups in total. The number of ether oxygens (including phenoxy) is 1. The molecule has 112 valence electrons. The molecular weight excluding hydrogens is 334 g/mol. The van der Waals surface area contributed by atoms with Crippen LogP contribution in [0.3, 0.4) is 0 Å². The zero-order chi connectivity index (χ0) is 15.1. The summed E-state index contributed by atoms with van der Waals surface area (Å²) >= 11 is 3.37. The Labute approximate surface area is 132 Å². The number of hydrogen-bond acceptors (Lipinski definition) is 3. The zero-order valence-corrected chi connectivity index (χ0v) is 13.4. The van der Waals surface area contributed by atoms with Crippen LogP contribution in [-0.2, 0) is 4.79 Å². The van der Waals surface area contributed by atoms with Gasteiger partial charge < -0.3 is 15.0 Å². The standard InChI is InChI=1S/C15H18BrN3O2/c1-11(15-17-8-9-18-15)19-14(20)3-2-10-21-13-6-4-12(16)5-7-13/h4-9,11H,2-3,10H2,1H3,(H,17,18)(H,19,20). The van der Waals surface area contributed by atoms with Gasteiger partial charge in [-0.25, -0.2) is 4.98 Å². The average molecular weight is 352 g/mol. The van der Waals surface area contributed by atoms with E-state index in [1.807, 2.05) is 31.2 Å². The van der Waals surface area contributed by atoms with Crippen LogP contribution in [0.25, 0.3) is 0 Å². The van der Waals surface area contributed by atoms with E-state index in [1.165, 1.54) is 0 Å². The van der Waals surface area contributed by atoms with E-state index in [0.29, 0.717) is 19.4 Å². The first-order chi connectivity index (χ1) is 10.1. The van der Waals surface area contributed by atoms with E-state index < -0.39 is 0 Å². The highest BCUT2D eigenvalue weighted by Gasteiger charge is 2.10. The number of halogens is 1. The van der Waals surface area contributed by atoms with E-state index in [9.17, 15) is 4.79 Å². The minimum atomic E-state index is -0.111. The molecule has 0 radical (unpaired) electrons. The molecule has 0 spiro atoms. The molecular formula is C15H18BrN3O2. The van der Waals surface area contributed by atoms with Crippen molar-refractivity contribution in [2.24, 2.45) is 0 Å². The van der Waals surface area contributed by atoms with Gasteiger partial charge in [0.05, 0.1) is 12.6 Å². The molecule has 0 aliphatic carbocycles. The molecule has 0 fully saturated rings. The van der Waals surface area contributed by atoms with E-state index in [1.54, 1.807) is 12.4 Å². The Kier molecular flexibility index (Phi) is 5.80. The lowest BCUT2D eigenvalue weighted by atomic mass is 10.2. The number of H-pyrrole nitrogens is 1. The van der Waals surface area contributed by atoms with Gasteiger partial charge in [-0.2, -0.15) is 0 Å². The first-order valence-electron chi connectivity index (χ1n) is 6.82. The molecule has 1 unspecified atom stereocenters. The highest BCUT2D eigenvalue weighted by atomic mass is 79.9. The van der Waals surface area contributed by atoms with Crippen molar-refractivity contribution in [2.45, 2.75) is 25.8 Å². The summed E-state index contributed by atoms with van der Waals surface area (Å²) in [5, 5.41) is 2.89. The van der Waals surface area contributed by atoms with E-state index in [-0.39, 0.29) is 11.9 Å². The summed E-state index contributed by atoms with van der Waals surface area (Å²) in [6.45, 7) is 2.42. The smallest absolute Gasteiger partial charge is 0.220 e. The predicted molar refractivity (Wildman–Crippen MR) is 84.0 cm³/mol. The summed E-state index contributed by atoms with van der Waals surface area (Å²) in [5.41, 5.74) is 0. The fraction of sp³-hybridized carbons (Fsp3) is 0.333. The van der Waals surface area contributed by atoms with Gasteiger partial charge in [0, 0.05) is 23.3 Å². The number of rotatable bonds is 7. The van der Waals surface area contributed by atoms with Crippen molar-refractivity contribution in [1.82, 2.24) is 15.3 Å². The largest absolute Gasteiger partial charge is 0.494 e. The summed E-state index contributed by atoms with van der Waals surface area (Å²) in [7, 11) is 0. The Morgan fingerprint density at radius 1 is 1.43 bits per heavy atom. The maximum atomic E-state index is 11.8. The van der Waals surface area contributed by atoms with Crippen LogP contribution in [0.4, 0.5) is 0 Å². The Morgan fingerprint density at radius 2 is 2.19 bits per heavy atom. The molecule has 21 heavy (non-hydrogen) atoms. The average Bonchev–Trinajstić information content (AvgIpc) is 3.00. The first kappa shape index (κ1) is 15.6. The van der Waals surface area contributed by atoms with E-state index in [4.69, 9.17) is 4.74 Å². The molecule has 5 nitrogen and oxygen atoms in total. The van der Waals surface area contributed by atoms with Crippen molar-refractivity contribution < 1.29 is 9.53 Å². The lowest BCUT2D eigenvalue weighted by Gasteiger charge is -2.11. The summed E-state index contributed by atoms with van der Waals surface area (Å²) < 4.78 is 6.58. The molecule has 1 aromatic heterocycles. The fourth-order valence-electron chi connectivity index (χ4n) is 1.85. The van der Waals surface area contributed by atoms with Crippen molar-refractivity contribution in [2.75, 3.05) is 6.61 Å². The van der Waals surface area contributed by atoms with Crippen molar-refractivity contribution >= 4 is 21.8 Å². The Hall–Kier alpha value is -1.82. The topological polar surface area (TPSA) is 67.0 Å². The summed E-state index contributed by atoms with van der Waals surface area (Å²) in [6, 6.07) is 7.52. The molecule has 2 rings (SSSR count). The second kappa shape index (κ2) is 7.83. The molecule has 0 saturated carbocycles. The number of nitrogens with one attached hydrogen (secondary N) is 2. The van der Waals surface area contributed by atoms with Crippen LogP contribution in [0.15, 0.2) is 41.1 Å². The fourth-order valence-corrected chi connectivity index (χ4v) is 2.11. The van der Waals surface area contributed by atoms with Gasteiger partial charge in [-0.05, 0) is 37.6 Å². The second-order valence-corrected chi connectivity index (χ2v) is 5.59. The molecule has 0 aliphatic heterocycles. The molecule has 2 aromatic rings. The van der Waals surface area contributed by atoms with Crippen LogP contribution in [0.2, 0.25) is 0 Å². The molecule has 0 bridgehead atoms. The van der Waals surface area contributed by atoms with Crippen LogP contribution in [0, 0.1) is 0 Å². The second-order valence-electron chi connectivity index (χ2n) is 4.67. The minimum absolute atomic E-state index is 0.00157. The van der Waals surface area contributed by atoms with Gasteiger partial charge in [0.2, 0.25) is 5.91 Å².